The van der Waals surface area contributed by atoms with E-state index in [0.29, 0.717) is 28.9 Å². The van der Waals surface area contributed by atoms with Crippen LogP contribution in [-0.2, 0) is 0 Å². The molecule has 0 radical (unpaired) electrons. The van der Waals surface area contributed by atoms with Gasteiger partial charge in [0.15, 0.2) is 6.61 Å². The van der Waals surface area contributed by atoms with E-state index in [9.17, 15) is 17.6 Å². The van der Waals surface area contributed by atoms with Gasteiger partial charge in [0, 0.05) is 66.6 Å². The summed E-state index contributed by atoms with van der Waals surface area (Å²) in [7, 11) is 2.11. The number of hydrogen-bond acceptors (Lipinski definition) is 8. The molecule has 216 valence electrons. The summed E-state index contributed by atoms with van der Waals surface area (Å²) in [4.78, 5) is 9.07. The largest absolute Gasteiger partial charge is 0.492 e. The Kier molecular flexibility index (Phi) is 8.71. The zero-order valence-electron chi connectivity index (χ0n) is 22.1. The summed E-state index contributed by atoms with van der Waals surface area (Å²) >= 11 is 6.02. The van der Waals surface area contributed by atoms with Crippen molar-refractivity contribution in [2.24, 2.45) is 0 Å². The van der Waals surface area contributed by atoms with Crippen LogP contribution in [0.15, 0.2) is 54.7 Å². The summed E-state index contributed by atoms with van der Waals surface area (Å²) in [5.41, 5.74) is 1.27. The molecule has 1 N–H and O–H groups in total. The van der Waals surface area contributed by atoms with Crippen molar-refractivity contribution < 1.29 is 27.0 Å². The molecular weight excluding hydrogens is 564 g/mol. The van der Waals surface area contributed by atoms with E-state index in [1.54, 1.807) is 30.5 Å². The summed E-state index contributed by atoms with van der Waals surface area (Å²) in [6, 6.07) is 12.3. The van der Waals surface area contributed by atoms with Gasteiger partial charge in [0.1, 0.15) is 23.9 Å². The van der Waals surface area contributed by atoms with Gasteiger partial charge >= 0.3 is 6.18 Å². The van der Waals surface area contributed by atoms with Crippen LogP contribution in [0.4, 0.5) is 28.9 Å². The molecule has 1 aliphatic rings. The van der Waals surface area contributed by atoms with E-state index >= 15 is 0 Å². The first kappa shape index (κ1) is 28.8. The monoisotopic (exact) mass is 590 g/mol. The lowest BCUT2D eigenvalue weighted by Crippen LogP contribution is -2.45. The summed E-state index contributed by atoms with van der Waals surface area (Å²) in [5.74, 6) is -0.370. The number of anilines is 2. The normalized spacial score (nSPS) is 14.8. The highest BCUT2D eigenvalue weighted by Gasteiger charge is 2.29. The molecule has 0 aliphatic carbocycles. The topological polar surface area (TPSA) is 75.6 Å². The molecule has 0 spiro atoms. The number of ether oxygens (including phenoxy) is 2. The molecule has 3 heterocycles. The number of alkyl halides is 3. The van der Waals surface area contributed by atoms with E-state index in [-0.39, 0.29) is 22.0 Å². The van der Waals surface area contributed by atoms with Gasteiger partial charge in [-0.1, -0.05) is 11.6 Å². The second kappa shape index (κ2) is 12.4. The fourth-order valence-corrected chi connectivity index (χ4v) is 4.56. The number of aromatic nitrogens is 3. The van der Waals surface area contributed by atoms with Crippen LogP contribution in [0, 0.1) is 5.82 Å². The molecule has 8 nitrogen and oxygen atoms in total. The van der Waals surface area contributed by atoms with Crippen LogP contribution in [0.1, 0.15) is 0 Å². The minimum Gasteiger partial charge on any atom is -0.492 e. The molecule has 0 atom stereocenters. The second-order valence-electron chi connectivity index (χ2n) is 9.63. The van der Waals surface area contributed by atoms with Gasteiger partial charge in [-0.2, -0.15) is 13.2 Å². The summed E-state index contributed by atoms with van der Waals surface area (Å²) in [6.07, 6.45) is -3.04. The Labute approximate surface area is 238 Å². The number of benzene rings is 2. The summed E-state index contributed by atoms with van der Waals surface area (Å²) < 4.78 is 64.2. The number of pyridine rings is 1. The highest BCUT2D eigenvalue weighted by molar-refractivity contribution is 6.30. The van der Waals surface area contributed by atoms with Crippen molar-refractivity contribution in [1.29, 1.82) is 0 Å². The van der Waals surface area contributed by atoms with Gasteiger partial charge < -0.3 is 19.7 Å². The van der Waals surface area contributed by atoms with E-state index in [1.807, 2.05) is 0 Å². The Balaban J connectivity index is 1.38. The van der Waals surface area contributed by atoms with Crippen LogP contribution in [0.2, 0.25) is 5.02 Å². The highest BCUT2D eigenvalue weighted by Crippen LogP contribution is 2.34. The number of rotatable bonds is 9. The van der Waals surface area contributed by atoms with Crippen molar-refractivity contribution in [3.63, 3.8) is 0 Å². The van der Waals surface area contributed by atoms with Crippen molar-refractivity contribution >= 4 is 33.9 Å². The molecule has 1 saturated heterocycles. The average Bonchev–Trinajstić information content (AvgIpc) is 2.94. The van der Waals surface area contributed by atoms with Gasteiger partial charge in [0.25, 0.3) is 5.88 Å². The first-order chi connectivity index (χ1) is 19.6. The molecule has 1 aliphatic heterocycles. The molecule has 0 saturated carbocycles. The molecule has 13 heteroatoms. The Morgan fingerprint density at radius 3 is 2.54 bits per heavy atom. The second-order valence-corrected chi connectivity index (χ2v) is 10.1. The number of nitrogens with one attached hydrogen (secondary N) is 1. The summed E-state index contributed by atoms with van der Waals surface area (Å²) in [6.45, 7) is 3.82. The van der Waals surface area contributed by atoms with Crippen LogP contribution in [0.25, 0.3) is 22.2 Å². The first-order valence-electron chi connectivity index (χ1n) is 12.9. The Morgan fingerprint density at radius 1 is 0.951 bits per heavy atom. The predicted molar refractivity (Wildman–Crippen MR) is 148 cm³/mol. The van der Waals surface area contributed by atoms with Gasteiger partial charge in [-0.15, -0.1) is 10.2 Å². The Hall–Kier alpha value is -3.74. The number of piperazine rings is 1. The number of fused-ring (bicyclic) bond motifs is 1. The van der Waals surface area contributed by atoms with Crippen molar-refractivity contribution in [1.82, 2.24) is 25.0 Å². The van der Waals surface area contributed by atoms with Crippen molar-refractivity contribution in [3.8, 4) is 22.9 Å². The van der Waals surface area contributed by atoms with E-state index in [0.717, 1.165) is 32.7 Å². The predicted octanol–water partition coefficient (Wildman–Crippen LogP) is 5.80. The number of hydrogen-bond donors (Lipinski definition) is 1. The Morgan fingerprint density at radius 2 is 1.76 bits per heavy atom. The molecule has 2 aromatic carbocycles. The lowest BCUT2D eigenvalue weighted by molar-refractivity contribution is -0.154. The fourth-order valence-electron chi connectivity index (χ4n) is 4.39. The maximum atomic E-state index is 14.5. The van der Waals surface area contributed by atoms with Gasteiger partial charge in [-0.05, 0) is 49.5 Å². The highest BCUT2D eigenvalue weighted by atomic mass is 35.5. The third-order valence-corrected chi connectivity index (χ3v) is 6.83. The zero-order valence-corrected chi connectivity index (χ0v) is 22.8. The maximum Gasteiger partial charge on any atom is 0.422 e. The average molecular weight is 591 g/mol. The summed E-state index contributed by atoms with van der Waals surface area (Å²) in [5, 5.41) is 11.7. The van der Waals surface area contributed by atoms with E-state index in [1.165, 1.54) is 24.3 Å². The fraction of sp³-hybridized carbons (Fsp3) is 0.321. The molecule has 0 amide bonds. The Bertz CT molecular complexity index is 1520. The van der Waals surface area contributed by atoms with E-state index in [4.69, 9.17) is 21.1 Å². The van der Waals surface area contributed by atoms with Crippen LogP contribution >= 0.6 is 11.6 Å². The van der Waals surface area contributed by atoms with Gasteiger partial charge in [-0.3, -0.25) is 9.88 Å². The van der Waals surface area contributed by atoms with Crippen molar-refractivity contribution in [2.75, 3.05) is 58.3 Å². The van der Waals surface area contributed by atoms with Gasteiger partial charge in [-0.25, -0.2) is 4.39 Å². The molecule has 0 bridgehead atoms. The standard InChI is InChI=1S/C28H27ClF4N6O2/c1-38-8-10-39(11-9-38)12-13-40-19-3-4-20-23(6-7-34-24(20)15-19)35-26-16-25(21-14-18(29)2-5-22(21)30)36-37-27(26)41-17-28(31,32)33/h2-7,14-16H,8-13,17H2,1H3,(H,34,35,36). The van der Waals surface area contributed by atoms with Gasteiger partial charge in [0.2, 0.25) is 0 Å². The minimum atomic E-state index is -4.60. The minimum absolute atomic E-state index is 0.0355. The third-order valence-electron chi connectivity index (χ3n) is 6.59. The molecule has 4 aromatic rings. The van der Waals surface area contributed by atoms with Gasteiger partial charge in [0.05, 0.1) is 11.2 Å². The van der Waals surface area contributed by atoms with Crippen molar-refractivity contribution in [2.45, 2.75) is 6.18 Å². The molecule has 0 unspecified atom stereocenters. The lowest BCUT2D eigenvalue weighted by atomic mass is 10.1. The van der Waals surface area contributed by atoms with Crippen molar-refractivity contribution in [3.05, 3.63) is 65.6 Å². The molecule has 2 aromatic heterocycles. The number of halogens is 5. The maximum absolute atomic E-state index is 14.5. The van der Waals surface area contributed by atoms with Crippen LogP contribution in [0.5, 0.6) is 11.6 Å². The SMILES string of the molecule is CN1CCN(CCOc2ccc3c(Nc4cc(-c5cc(Cl)ccc5F)nnc4OCC(F)(F)F)ccnc3c2)CC1. The molecular formula is C28H27ClF4N6O2. The van der Waals surface area contributed by atoms with E-state index < -0.39 is 24.5 Å². The molecule has 41 heavy (non-hydrogen) atoms. The quantitative estimate of drug-likeness (QED) is 0.245. The van der Waals surface area contributed by atoms with E-state index in [2.05, 4.69) is 37.3 Å². The van der Waals surface area contributed by atoms with Crippen LogP contribution in [-0.4, -0.2) is 84.1 Å². The smallest absolute Gasteiger partial charge is 0.422 e. The number of nitrogens with zero attached hydrogens (tertiary/aromatic N) is 5. The molecule has 5 rings (SSSR count). The van der Waals surface area contributed by atoms with Crippen LogP contribution < -0.4 is 14.8 Å². The number of likely N-dealkylation sites (N-methyl/N-ethyl adjacent to an activating group) is 1. The van der Waals surface area contributed by atoms with Crippen LogP contribution in [0.3, 0.4) is 0 Å². The lowest BCUT2D eigenvalue weighted by Gasteiger charge is -2.32. The third kappa shape index (κ3) is 7.51. The molecule has 1 fully saturated rings. The zero-order chi connectivity index (χ0) is 29.0. The first-order valence-corrected chi connectivity index (χ1v) is 13.2.